The zero-order valence-corrected chi connectivity index (χ0v) is 11.0. The highest BCUT2D eigenvalue weighted by molar-refractivity contribution is 5.95. The maximum Gasteiger partial charge on any atom is 0.229 e. The summed E-state index contributed by atoms with van der Waals surface area (Å²) >= 11 is 0. The number of carbonyl (C=O) groups is 1. The number of hydrogen-bond acceptors (Lipinski definition) is 3. The van der Waals surface area contributed by atoms with E-state index in [0.29, 0.717) is 13.0 Å². The van der Waals surface area contributed by atoms with Gasteiger partial charge in [-0.1, -0.05) is 18.2 Å². The van der Waals surface area contributed by atoms with Crippen molar-refractivity contribution in [2.24, 2.45) is 5.73 Å². The lowest BCUT2D eigenvalue weighted by molar-refractivity contribution is -0.120. The molecule has 4 nitrogen and oxygen atoms in total. The molecule has 0 bridgehead atoms. The minimum absolute atomic E-state index is 0.0444. The van der Waals surface area contributed by atoms with Gasteiger partial charge in [-0.05, 0) is 30.9 Å². The Morgan fingerprint density at radius 3 is 3.00 bits per heavy atom. The zero-order valence-electron chi connectivity index (χ0n) is 11.0. The first kappa shape index (κ1) is 12.6. The van der Waals surface area contributed by atoms with Crippen molar-refractivity contribution in [3.63, 3.8) is 0 Å². The Bertz CT molecular complexity index is 469. The van der Waals surface area contributed by atoms with Crippen LogP contribution in [0.15, 0.2) is 24.3 Å². The molecule has 1 saturated heterocycles. The normalized spacial score (nSPS) is 26.3. The third kappa shape index (κ3) is 2.51. The summed E-state index contributed by atoms with van der Waals surface area (Å²) in [6.07, 6.45) is 3.49. The predicted octanol–water partition coefficient (Wildman–Crippen LogP) is 1.99. The Hall–Kier alpha value is -1.39. The van der Waals surface area contributed by atoms with E-state index in [4.69, 9.17) is 10.5 Å². The molecule has 1 aromatic carbocycles. The fourth-order valence-corrected chi connectivity index (χ4v) is 2.96. The number of amides is 1. The quantitative estimate of drug-likeness (QED) is 0.884. The van der Waals surface area contributed by atoms with Gasteiger partial charge in [0.15, 0.2) is 0 Å². The van der Waals surface area contributed by atoms with Gasteiger partial charge in [-0.3, -0.25) is 4.79 Å². The molecule has 2 unspecified atom stereocenters. The standard InChI is InChI=1S/C15H20N2O2/c16-13-7-8-17(14-6-2-1-5-12(13)14)15(18)10-11-4-3-9-19-11/h1-2,5-6,11,13H,3-4,7-10,16H2. The van der Waals surface area contributed by atoms with Crippen LogP contribution in [0, 0.1) is 0 Å². The maximum atomic E-state index is 12.4. The summed E-state index contributed by atoms with van der Waals surface area (Å²) in [5.74, 6) is 0.159. The Kier molecular flexibility index (Phi) is 3.53. The van der Waals surface area contributed by atoms with Crippen LogP contribution in [-0.4, -0.2) is 25.2 Å². The van der Waals surface area contributed by atoms with Crippen molar-refractivity contribution in [3.8, 4) is 0 Å². The average molecular weight is 260 g/mol. The van der Waals surface area contributed by atoms with Gasteiger partial charge in [0.05, 0.1) is 12.5 Å². The molecule has 2 heterocycles. The summed E-state index contributed by atoms with van der Waals surface area (Å²) in [7, 11) is 0. The number of benzene rings is 1. The van der Waals surface area contributed by atoms with Crippen molar-refractivity contribution >= 4 is 11.6 Å². The van der Waals surface area contributed by atoms with Crippen LogP contribution in [0.4, 0.5) is 5.69 Å². The molecule has 2 aliphatic rings. The number of nitrogens with two attached hydrogens (primary N) is 1. The molecule has 3 rings (SSSR count). The number of para-hydroxylation sites is 1. The fraction of sp³-hybridized carbons (Fsp3) is 0.533. The molecular weight excluding hydrogens is 240 g/mol. The van der Waals surface area contributed by atoms with Gasteiger partial charge in [0, 0.05) is 24.9 Å². The van der Waals surface area contributed by atoms with Crippen LogP contribution >= 0.6 is 0 Å². The monoisotopic (exact) mass is 260 g/mol. The van der Waals surface area contributed by atoms with E-state index in [-0.39, 0.29) is 18.1 Å². The number of fused-ring (bicyclic) bond motifs is 1. The predicted molar refractivity (Wildman–Crippen MR) is 73.9 cm³/mol. The van der Waals surface area contributed by atoms with Crippen LogP contribution in [0.5, 0.6) is 0 Å². The minimum Gasteiger partial charge on any atom is -0.378 e. The molecule has 102 valence electrons. The van der Waals surface area contributed by atoms with Gasteiger partial charge < -0.3 is 15.4 Å². The van der Waals surface area contributed by atoms with E-state index in [1.54, 1.807) is 0 Å². The lowest BCUT2D eigenvalue weighted by atomic mass is 9.96. The molecule has 1 amide bonds. The minimum atomic E-state index is 0.0444. The third-order valence-corrected chi connectivity index (χ3v) is 4.02. The number of ether oxygens (including phenoxy) is 1. The number of nitrogens with zero attached hydrogens (tertiary/aromatic N) is 1. The second kappa shape index (κ2) is 5.31. The molecule has 4 heteroatoms. The van der Waals surface area contributed by atoms with Crippen LogP contribution < -0.4 is 10.6 Å². The zero-order chi connectivity index (χ0) is 13.2. The van der Waals surface area contributed by atoms with Gasteiger partial charge in [0.1, 0.15) is 0 Å². The van der Waals surface area contributed by atoms with E-state index in [9.17, 15) is 4.79 Å². The summed E-state index contributed by atoms with van der Waals surface area (Å²) in [6, 6.07) is 7.99. The molecule has 0 radical (unpaired) electrons. The molecule has 19 heavy (non-hydrogen) atoms. The lowest BCUT2D eigenvalue weighted by Crippen LogP contribution is -2.39. The summed E-state index contributed by atoms with van der Waals surface area (Å²) in [6.45, 7) is 1.50. The van der Waals surface area contributed by atoms with Crippen LogP contribution in [0.3, 0.4) is 0 Å². The van der Waals surface area contributed by atoms with E-state index >= 15 is 0 Å². The second-order valence-electron chi connectivity index (χ2n) is 5.34. The highest BCUT2D eigenvalue weighted by Crippen LogP contribution is 2.33. The van der Waals surface area contributed by atoms with Crippen molar-refractivity contribution < 1.29 is 9.53 Å². The van der Waals surface area contributed by atoms with E-state index in [0.717, 1.165) is 37.1 Å². The van der Waals surface area contributed by atoms with Crippen LogP contribution in [-0.2, 0) is 9.53 Å². The third-order valence-electron chi connectivity index (χ3n) is 4.02. The first-order valence-corrected chi connectivity index (χ1v) is 7.02. The van der Waals surface area contributed by atoms with Crippen LogP contribution in [0.2, 0.25) is 0 Å². The molecule has 0 aliphatic carbocycles. The number of carbonyl (C=O) groups excluding carboxylic acids is 1. The second-order valence-corrected chi connectivity index (χ2v) is 5.34. The smallest absolute Gasteiger partial charge is 0.229 e. The van der Waals surface area contributed by atoms with Gasteiger partial charge >= 0.3 is 0 Å². The maximum absolute atomic E-state index is 12.4. The van der Waals surface area contributed by atoms with E-state index in [1.807, 2.05) is 29.2 Å². The van der Waals surface area contributed by atoms with Gasteiger partial charge in [0.25, 0.3) is 0 Å². The Balaban J connectivity index is 1.77. The van der Waals surface area contributed by atoms with Crippen LogP contribution in [0.1, 0.15) is 37.3 Å². The van der Waals surface area contributed by atoms with Crippen molar-refractivity contribution in [2.45, 2.75) is 37.8 Å². The van der Waals surface area contributed by atoms with Crippen molar-refractivity contribution in [1.82, 2.24) is 0 Å². The first-order valence-electron chi connectivity index (χ1n) is 7.02. The average Bonchev–Trinajstić information content (AvgIpc) is 2.92. The fourth-order valence-electron chi connectivity index (χ4n) is 2.96. The molecule has 2 N–H and O–H groups in total. The number of rotatable bonds is 2. The molecule has 0 aromatic heterocycles. The van der Waals surface area contributed by atoms with Gasteiger partial charge in [0.2, 0.25) is 5.91 Å². The number of hydrogen-bond donors (Lipinski definition) is 1. The molecule has 0 spiro atoms. The van der Waals surface area contributed by atoms with Crippen molar-refractivity contribution in [3.05, 3.63) is 29.8 Å². The number of anilines is 1. The van der Waals surface area contributed by atoms with Crippen molar-refractivity contribution in [2.75, 3.05) is 18.1 Å². The molecule has 1 fully saturated rings. The topological polar surface area (TPSA) is 55.6 Å². The molecule has 0 saturated carbocycles. The molecule has 2 atom stereocenters. The Morgan fingerprint density at radius 2 is 2.21 bits per heavy atom. The summed E-state index contributed by atoms with van der Waals surface area (Å²) in [5, 5.41) is 0. The molecule has 1 aromatic rings. The SMILES string of the molecule is NC1CCN(C(=O)CC2CCCO2)c2ccccc21. The lowest BCUT2D eigenvalue weighted by Gasteiger charge is -2.33. The summed E-state index contributed by atoms with van der Waals surface area (Å²) < 4.78 is 5.55. The highest BCUT2D eigenvalue weighted by Gasteiger charge is 2.28. The van der Waals surface area contributed by atoms with E-state index in [1.165, 1.54) is 0 Å². The van der Waals surface area contributed by atoms with E-state index in [2.05, 4.69) is 0 Å². The Morgan fingerprint density at radius 1 is 1.37 bits per heavy atom. The van der Waals surface area contributed by atoms with Gasteiger partial charge in [-0.25, -0.2) is 0 Å². The van der Waals surface area contributed by atoms with Gasteiger partial charge in [-0.15, -0.1) is 0 Å². The van der Waals surface area contributed by atoms with Crippen LogP contribution in [0.25, 0.3) is 0 Å². The molecular formula is C15H20N2O2. The van der Waals surface area contributed by atoms with Gasteiger partial charge in [-0.2, -0.15) is 0 Å². The summed E-state index contributed by atoms with van der Waals surface area (Å²) in [4.78, 5) is 14.3. The molecule has 2 aliphatic heterocycles. The van der Waals surface area contributed by atoms with Crippen molar-refractivity contribution in [1.29, 1.82) is 0 Å². The van der Waals surface area contributed by atoms with E-state index < -0.39 is 0 Å². The summed E-state index contributed by atoms with van der Waals surface area (Å²) in [5.41, 5.74) is 8.16. The first-order chi connectivity index (χ1) is 9.25. The highest BCUT2D eigenvalue weighted by atomic mass is 16.5. The Labute approximate surface area is 113 Å². The largest absolute Gasteiger partial charge is 0.378 e.